The molecule has 0 unspecified atom stereocenters. The molecule has 1 spiro atoms. The molecule has 216 valence electrons. The number of hydrogen-bond acceptors (Lipinski definition) is 9. The van der Waals surface area contributed by atoms with Gasteiger partial charge in [0.2, 0.25) is 0 Å². The molecule has 2 aromatic rings. The molecule has 2 saturated heterocycles. The molecule has 3 heterocycles. The molecule has 1 saturated carbocycles. The van der Waals surface area contributed by atoms with E-state index in [1.165, 1.54) is 6.92 Å². The molecule has 3 aliphatic rings. The van der Waals surface area contributed by atoms with Crippen LogP contribution in [0.25, 0.3) is 17.0 Å². The molecular weight excluding hydrogens is 535 g/mol. The fourth-order valence-electron chi connectivity index (χ4n) is 6.18. The van der Waals surface area contributed by atoms with Crippen molar-refractivity contribution < 1.29 is 19.0 Å². The first-order chi connectivity index (χ1) is 19.0. The number of allylic oxidation sites excluding steroid dienone is 2. The number of anilines is 1. The van der Waals surface area contributed by atoms with Crippen LogP contribution in [-0.4, -0.2) is 90.5 Å². The maximum Gasteiger partial charge on any atom is 0.163 e. The van der Waals surface area contributed by atoms with Gasteiger partial charge in [-0.3, -0.25) is 9.69 Å². The van der Waals surface area contributed by atoms with Crippen LogP contribution in [0.3, 0.4) is 0 Å². The molecule has 0 amide bonds. The number of likely N-dealkylation sites (tertiary alicyclic amines) is 1. The average molecular weight is 573 g/mol. The van der Waals surface area contributed by atoms with Crippen LogP contribution in [0.2, 0.25) is 5.02 Å². The van der Waals surface area contributed by atoms with Gasteiger partial charge < -0.3 is 25.8 Å². The van der Waals surface area contributed by atoms with Crippen molar-refractivity contribution in [2.45, 2.75) is 51.9 Å². The predicted octanol–water partition coefficient (Wildman–Crippen LogP) is 2.97. The van der Waals surface area contributed by atoms with Crippen molar-refractivity contribution in [2.24, 2.45) is 11.1 Å². The number of aliphatic hydroxyl groups is 1. The minimum absolute atomic E-state index is 0.108. The van der Waals surface area contributed by atoms with Gasteiger partial charge in [-0.25, -0.2) is 14.4 Å². The number of aliphatic hydroxyl groups excluding tert-OH is 1. The van der Waals surface area contributed by atoms with E-state index in [9.17, 15) is 14.3 Å². The summed E-state index contributed by atoms with van der Waals surface area (Å²) >= 11 is 6.63. The minimum atomic E-state index is -0.682. The number of carbonyl (C=O) groups excluding carboxylic acids is 1. The van der Waals surface area contributed by atoms with Gasteiger partial charge in [-0.2, -0.15) is 0 Å². The number of nitrogens with one attached hydrogen (secondary N) is 1. The number of aromatic nitrogens is 2. The first-order valence-electron chi connectivity index (χ1n) is 13.7. The molecule has 0 bridgehead atoms. The number of ketones is 1. The molecule has 1 aliphatic carbocycles. The summed E-state index contributed by atoms with van der Waals surface area (Å²) in [5.41, 5.74) is 8.96. The SMILES string of the molecule is CNC[C@@H](O)COc1ccc(Cl)c(-c2nc(C(C(C)=O)=C(C)N)c(C)c(N3CC4(CC(N5CC(F)C5)C4)C3)n2)c1. The predicted molar refractivity (Wildman–Crippen MR) is 154 cm³/mol. The Morgan fingerprint density at radius 2 is 2.00 bits per heavy atom. The zero-order valence-corrected chi connectivity index (χ0v) is 24.3. The number of rotatable bonds is 10. The van der Waals surface area contributed by atoms with Gasteiger partial charge in [-0.05, 0) is 58.9 Å². The second-order valence-electron chi connectivity index (χ2n) is 11.6. The molecule has 3 fully saturated rings. The van der Waals surface area contributed by atoms with Crippen LogP contribution in [0, 0.1) is 12.3 Å². The Hall–Kier alpha value is -2.79. The van der Waals surface area contributed by atoms with E-state index in [4.69, 9.17) is 32.0 Å². The highest BCUT2D eigenvalue weighted by Gasteiger charge is 2.55. The number of halogens is 2. The summed E-state index contributed by atoms with van der Waals surface area (Å²) in [4.78, 5) is 26.9. The molecule has 40 heavy (non-hydrogen) atoms. The second-order valence-corrected chi connectivity index (χ2v) is 12.0. The van der Waals surface area contributed by atoms with Gasteiger partial charge in [0, 0.05) is 61.0 Å². The lowest BCUT2D eigenvalue weighted by Gasteiger charge is -2.63. The number of likely N-dealkylation sites (N-methyl/N-ethyl adjacent to an activating group) is 1. The summed E-state index contributed by atoms with van der Waals surface area (Å²) in [6.45, 7) is 8.40. The summed E-state index contributed by atoms with van der Waals surface area (Å²) in [6, 6.07) is 5.65. The Balaban J connectivity index is 1.45. The largest absolute Gasteiger partial charge is 0.491 e. The molecule has 5 rings (SSSR count). The molecule has 4 N–H and O–H groups in total. The monoisotopic (exact) mass is 572 g/mol. The topological polar surface area (TPSA) is 117 Å². The smallest absolute Gasteiger partial charge is 0.163 e. The highest BCUT2D eigenvalue weighted by atomic mass is 35.5. The van der Waals surface area contributed by atoms with Crippen LogP contribution >= 0.6 is 11.6 Å². The Bertz CT molecular complexity index is 1310. The van der Waals surface area contributed by atoms with E-state index in [0.717, 1.165) is 37.3 Å². The molecule has 2 aliphatic heterocycles. The summed E-state index contributed by atoms with van der Waals surface area (Å²) in [6.07, 6.45) is 0.771. The lowest BCUT2D eigenvalue weighted by atomic mass is 9.59. The van der Waals surface area contributed by atoms with Crippen LogP contribution in [0.1, 0.15) is 37.9 Å². The molecule has 9 nitrogen and oxygen atoms in total. The van der Waals surface area contributed by atoms with Crippen LogP contribution in [0.5, 0.6) is 5.75 Å². The lowest BCUT2D eigenvalue weighted by molar-refractivity contribution is -0.111. The van der Waals surface area contributed by atoms with Crippen molar-refractivity contribution in [1.29, 1.82) is 0 Å². The van der Waals surface area contributed by atoms with Gasteiger partial charge in [0.1, 0.15) is 30.4 Å². The summed E-state index contributed by atoms with van der Waals surface area (Å²) in [7, 11) is 1.76. The van der Waals surface area contributed by atoms with E-state index in [-0.39, 0.29) is 17.8 Å². The Kier molecular flexibility index (Phi) is 8.07. The van der Waals surface area contributed by atoms with Gasteiger partial charge >= 0.3 is 0 Å². The van der Waals surface area contributed by atoms with Crippen molar-refractivity contribution >= 4 is 28.8 Å². The highest BCUT2D eigenvalue weighted by Crippen LogP contribution is 2.52. The van der Waals surface area contributed by atoms with Gasteiger partial charge in [0.15, 0.2) is 11.6 Å². The molecule has 0 radical (unpaired) electrons. The van der Waals surface area contributed by atoms with Gasteiger partial charge in [-0.15, -0.1) is 0 Å². The Labute approximate surface area is 239 Å². The van der Waals surface area contributed by atoms with Crippen LogP contribution in [0.15, 0.2) is 23.9 Å². The Morgan fingerprint density at radius 3 is 2.60 bits per heavy atom. The number of alkyl halides is 1. The summed E-state index contributed by atoms with van der Waals surface area (Å²) in [5, 5.41) is 13.4. The number of carbonyl (C=O) groups is 1. The lowest BCUT2D eigenvalue weighted by Crippen LogP contribution is -2.69. The quantitative estimate of drug-likeness (QED) is 0.369. The van der Waals surface area contributed by atoms with Crippen LogP contribution in [-0.2, 0) is 4.79 Å². The van der Waals surface area contributed by atoms with Gasteiger partial charge in [0.05, 0.1) is 16.3 Å². The third-order valence-corrected chi connectivity index (χ3v) is 8.56. The third-order valence-electron chi connectivity index (χ3n) is 8.24. The van der Waals surface area contributed by atoms with Gasteiger partial charge in [-0.1, -0.05) is 11.6 Å². The number of hydrogen-bond donors (Lipinski definition) is 3. The average Bonchev–Trinajstić information content (AvgIpc) is 2.82. The number of Topliss-reactive ketones (excluding diaryl/α,β-unsaturated/α-hetero) is 1. The zero-order valence-electron chi connectivity index (χ0n) is 23.5. The number of nitrogens with two attached hydrogens (primary N) is 1. The Morgan fingerprint density at radius 1 is 1.30 bits per heavy atom. The normalized spacial score (nSPS) is 20.4. The first kappa shape index (κ1) is 28.7. The third kappa shape index (κ3) is 5.54. The second kappa shape index (κ2) is 11.2. The maximum absolute atomic E-state index is 13.3. The fourth-order valence-corrected chi connectivity index (χ4v) is 6.39. The highest BCUT2D eigenvalue weighted by molar-refractivity contribution is 6.33. The molecular formula is C29H38ClFN6O3. The number of nitrogens with zero attached hydrogens (tertiary/aromatic N) is 4. The molecule has 1 atom stereocenters. The van der Waals surface area contributed by atoms with Crippen molar-refractivity contribution in [2.75, 3.05) is 51.3 Å². The molecule has 1 aromatic carbocycles. The van der Waals surface area contributed by atoms with Crippen LogP contribution < -0.4 is 20.7 Å². The van der Waals surface area contributed by atoms with Crippen LogP contribution in [0.4, 0.5) is 10.2 Å². The zero-order chi connectivity index (χ0) is 28.8. The maximum atomic E-state index is 13.3. The minimum Gasteiger partial charge on any atom is -0.491 e. The standard InChI is InChI=1S/C29H38ClFN6O3/c1-16-26(25(17(2)32)18(3)38)34-27(23-7-22(5-6-24(23)30)40-13-21(39)10-33-4)35-28(16)37-14-29(15-37)8-20(9-29)36-11-19(31)12-36/h5-7,19-21,33,39H,8-15,32H2,1-4H3/t21-/m1/s1. The van der Waals surface area contributed by atoms with Crippen molar-refractivity contribution in [3.63, 3.8) is 0 Å². The number of ether oxygens (including phenoxy) is 1. The van der Waals surface area contributed by atoms with E-state index >= 15 is 0 Å². The molecule has 1 aromatic heterocycles. The van der Waals surface area contributed by atoms with E-state index in [1.807, 2.05) is 6.92 Å². The van der Waals surface area contributed by atoms with E-state index in [0.29, 0.717) is 64.8 Å². The van der Waals surface area contributed by atoms with Gasteiger partial charge in [0.25, 0.3) is 0 Å². The van der Waals surface area contributed by atoms with Crippen molar-refractivity contribution in [3.8, 4) is 17.1 Å². The van der Waals surface area contributed by atoms with E-state index in [2.05, 4.69) is 15.1 Å². The van der Waals surface area contributed by atoms with E-state index < -0.39 is 12.3 Å². The summed E-state index contributed by atoms with van der Waals surface area (Å²) in [5.74, 6) is 1.45. The van der Waals surface area contributed by atoms with Crippen molar-refractivity contribution in [1.82, 2.24) is 20.2 Å². The van der Waals surface area contributed by atoms with Crippen molar-refractivity contribution in [3.05, 3.63) is 40.2 Å². The first-order valence-corrected chi connectivity index (χ1v) is 14.1. The fraction of sp³-hybridized carbons (Fsp3) is 0.552. The van der Waals surface area contributed by atoms with E-state index in [1.54, 1.807) is 32.2 Å². The summed E-state index contributed by atoms with van der Waals surface area (Å²) < 4.78 is 19.1. The molecule has 11 heteroatoms. The number of benzene rings is 1.